The summed E-state index contributed by atoms with van der Waals surface area (Å²) in [6.07, 6.45) is -2.19. The molecule has 1 atom stereocenters. The Labute approximate surface area is 121 Å². The highest BCUT2D eigenvalue weighted by atomic mass is 32.2. The summed E-state index contributed by atoms with van der Waals surface area (Å²) >= 11 is 0. The molecule has 1 rings (SSSR count). The summed E-state index contributed by atoms with van der Waals surface area (Å²) in [5.74, 6) is 0. The SMILES string of the molecule is O=S(=O)([O-])C(F)CCCCCC(F)(F)F.c1cc[nH+]cc1. The van der Waals surface area contributed by atoms with E-state index in [9.17, 15) is 30.5 Å². The zero-order chi connectivity index (χ0) is 16.4. The molecule has 1 aromatic rings. The summed E-state index contributed by atoms with van der Waals surface area (Å²) in [6.45, 7) is 0. The van der Waals surface area contributed by atoms with Crippen LogP contribution in [0.25, 0.3) is 0 Å². The lowest BCUT2D eigenvalue weighted by molar-refractivity contribution is -0.377. The van der Waals surface area contributed by atoms with Gasteiger partial charge in [0, 0.05) is 18.6 Å². The lowest BCUT2D eigenvalue weighted by Gasteiger charge is -2.12. The molecule has 0 spiro atoms. The van der Waals surface area contributed by atoms with Gasteiger partial charge in [0.05, 0.1) is 0 Å². The van der Waals surface area contributed by atoms with E-state index < -0.39 is 34.6 Å². The Morgan fingerprint density at radius 2 is 1.62 bits per heavy atom. The molecule has 0 saturated carbocycles. The molecule has 122 valence electrons. The Bertz CT molecular complexity index is 438. The van der Waals surface area contributed by atoms with Gasteiger partial charge >= 0.3 is 6.18 Å². The van der Waals surface area contributed by atoms with Gasteiger partial charge in [-0.15, -0.1) is 0 Å². The van der Waals surface area contributed by atoms with Crippen LogP contribution in [0, 0.1) is 0 Å². The molecule has 21 heavy (non-hydrogen) atoms. The Morgan fingerprint density at radius 1 is 1.05 bits per heavy atom. The third-order valence-corrected chi connectivity index (χ3v) is 3.17. The van der Waals surface area contributed by atoms with Gasteiger partial charge in [0.1, 0.15) is 10.1 Å². The normalized spacial score (nSPS) is 13.2. The van der Waals surface area contributed by atoms with Gasteiger partial charge < -0.3 is 4.55 Å². The molecule has 1 unspecified atom stereocenters. The van der Waals surface area contributed by atoms with E-state index in [1.54, 1.807) is 0 Å². The van der Waals surface area contributed by atoms with Crippen LogP contribution in [0.5, 0.6) is 0 Å². The first-order chi connectivity index (χ1) is 9.63. The number of aromatic amines is 1. The second kappa shape index (κ2) is 9.67. The van der Waals surface area contributed by atoms with Crippen molar-refractivity contribution in [2.24, 2.45) is 0 Å². The molecule has 0 aromatic carbocycles. The second-order valence-electron chi connectivity index (χ2n) is 4.19. The number of nitrogens with one attached hydrogen (secondary N) is 1. The van der Waals surface area contributed by atoms with Crippen LogP contribution in [0.1, 0.15) is 32.1 Å². The van der Waals surface area contributed by atoms with Crippen molar-refractivity contribution >= 4 is 10.1 Å². The lowest BCUT2D eigenvalue weighted by Crippen LogP contribution is -2.15. The van der Waals surface area contributed by atoms with Crippen molar-refractivity contribution in [3.05, 3.63) is 30.6 Å². The first-order valence-corrected chi connectivity index (χ1v) is 7.66. The molecular formula is C12H17F4NO3S. The third-order valence-electron chi connectivity index (χ3n) is 2.31. The van der Waals surface area contributed by atoms with Crippen molar-refractivity contribution in [1.82, 2.24) is 0 Å². The van der Waals surface area contributed by atoms with E-state index in [-0.39, 0.29) is 19.3 Å². The molecule has 0 aliphatic heterocycles. The van der Waals surface area contributed by atoms with Crippen molar-refractivity contribution < 1.29 is 35.5 Å². The number of hydrogen-bond donors (Lipinski definition) is 0. The van der Waals surface area contributed by atoms with Crippen molar-refractivity contribution in [2.75, 3.05) is 0 Å². The molecule has 1 N–H and O–H groups in total. The first kappa shape index (κ1) is 19.8. The zero-order valence-corrected chi connectivity index (χ0v) is 12.0. The standard InChI is InChI=1S/C7H12F4O3S.C5H5N/c8-6(15(12,13)14)4-2-1-3-5-7(9,10)11;1-2-4-6-5-3-1/h6H,1-5H2,(H,12,13,14);1-5H. The van der Waals surface area contributed by atoms with Crippen LogP contribution in [0.2, 0.25) is 0 Å². The van der Waals surface area contributed by atoms with Crippen molar-refractivity contribution in [1.29, 1.82) is 0 Å². The van der Waals surface area contributed by atoms with Gasteiger partial charge in [0.15, 0.2) is 17.9 Å². The van der Waals surface area contributed by atoms with Crippen LogP contribution in [0.4, 0.5) is 17.6 Å². The number of rotatable bonds is 6. The van der Waals surface area contributed by atoms with Gasteiger partial charge in [-0.05, 0) is 19.3 Å². The topological polar surface area (TPSA) is 71.3 Å². The fourth-order valence-electron chi connectivity index (χ4n) is 1.29. The fourth-order valence-corrected chi connectivity index (χ4v) is 1.75. The van der Waals surface area contributed by atoms with E-state index in [2.05, 4.69) is 4.98 Å². The summed E-state index contributed by atoms with van der Waals surface area (Å²) in [5.41, 5.74) is -2.51. The van der Waals surface area contributed by atoms with E-state index in [0.717, 1.165) is 0 Å². The third kappa shape index (κ3) is 13.5. The summed E-state index contributed by atoms with van der Waals surface area (Å²) in [7, 11) is -4.96. The van der Waals surface area contributed by atoms with Crippen LogP contribution >= 0.6 is 0 Å². The van der Waals surface area contributed by atoms with Crippen LogP contribution < -0.4 is 4.98 Å². The number of hydrogen-bond acceptors (Lipinski definition) is 3. The Hall–Kier alpha value is -1.22. The summed E-state index contributed by atoms with van der Waals surface area (Å²) in [5, 5.41) is 0. The van der Waals surface area contributed by atoms with Crippen LogP contribution in [-0.2, 0) is 10.1 Å². The summed E-state index contributed by atoms with van der Waals surface area (Å²) < 4.78 is 77.4. The van der Waals surface area contributed by atoms with Gasteiger partial charge in [-0.3, -0.25) is 0 Å². The fraction of sp³-hybridized carbons (Fsp3) is 0.583. The van der Waals surface area contributed by atoms with Gasteiger partial charge in [-0.2, -0.15) is 13.2 Å². The number of alkyl halides is 4. The molecule has 0 bridgehead atoms. The molecule has 0 fully saturated rings. The number of H-pyrrole nitrogens is 1. The molecule has 0 saturated heterocycles. The molecule has 0 aliphatic rings. The van der Waals surface area contributed by atoms with E-state index in [1.807, 2.05) is 30.6 Å². The summed E-state index contributed by atoms with van der Waals surface area (Å²) in [4.78, 5) is 2.89. The van der Waals surface area contributed by atoms with Gasteiger partial charge in [-0.25, -0.2) is 17.8 Å². The maximum absolute atomic E-state index is 12.4. The average Bonchev–Trinajstić information content (AvgIpc) is 2.38. The van der Waals surface area contributed by atoms with Gasteiger partial charge in [0.2, 0.25) is 0 Å². The van der Waals surface area contributed by atoms with Crippen LogP contribution in [0.15, 0.2) is 30.6 Å². The molecule has 0 radical (unpaired) electrons. The number of unbranched alkanes of at least 4 members (excludes halogenated alkanes) is 2. The van der Waals surface area contributed by atoms with E-state index in [1.165, 1.54) is 0 Å². The molecular weight excluding hydrogens is 314 g/mol. The summed E-state index contributed by atoms with van der Waals surface area (Å²) in [6, 6.07) is 5.86. The lowest BCUT2D eigenvalue weighted by atomic mass is 10.1. The van der Waals surface area contributed by atoms with Gasteiger partial charge in [0.25, 0.3) is 0 Å². The minimum Gasteiger partial charge on any atom is -0.746 e. The maximum atomic E-state index is 12.4. The first-order valence-electron chi connectivity index (χ1n) is 6.19. The predicted octanol–water partition coefficient (Wildman–Crippen LogP) is 2.84. The van der Waals surface area contributed by atoms with Crippen molar-refractivity contribution in [3.63, 3.8) is 0 Å². The number of pyridine rings is 1. The van der Waals surface area contributed by atoms with E-state index in [4.69, 9.17) is 0 Å². The second-order valence-corrected chi connectivity index (χ2v) is 5.69. The smallest absolute Gasteiger partial charge is 0.389 e. The highest BCUT2D eigenvalue weighted by molar-refractivity contribution is 7.86. The minimum atomic E-state index is -4.96. The highest BCUT2D eigenvalue weighted by Crippen LogP contribution is 2.23. The average molecular weight is 331 g/mol. The largest absolute Gasteiger partial charge is 0.746 e. The molecule has 1 heterocycles. The van der Waals surface area contributed by atoms with Gasteiger partial charge in [-0.1, -0.05) is 12.5 Å². The molecule has 1 aromatic heterocycles. The molecule has 4 nitrogen and oxygen atoms in total. The Kier molecular flexibility index (Phi) is 9.11. The minimum absolute atomic E-state index is 0.0429. The molecule has 0 aliphatic carbocycles. The number of aromatic nitrogens is 1. The maximum Gasteiger partial charge on any atom is 0.389 e. The van der Waals surface area contributed by atoms with Crippen molar-refractivity contribution in [2.45, 2.75) is 43.8 Å². The van der Waals surface area contributed by atoms with E-state index >= 15 is 0 Å². The van der Waals surface area contributed by atoms with Crippen molar-refractivity contribution in [3.8, 4) is 0 Å². The highest BCUT2D eigenvalue weighted by Gasteiger charge is 2.25. The van der Waals surface area contributed by atoms with Crippen LogP contribution in [0.3, 0.4) is 0 Å². The Morgan fingerprint density at radius 3 is 1.95 bits per heavy atom. The van der Waals surface area contributed by atoms with Crippen LogP contribution in [-0.4, -0.2) is 24.7 Å². The number of halogens is 4. The molecule has 9 heteroatoms. The predicted molar refractivity (Wildman–Crippen MR) is 66.7 cm³/mol. The zero-order valence-electron chi connectivity index (χ0n) is 11.1. The Balaban J connectivity index is 0.000000547. The monoisotopic (exact) mass is 331 g/mol. The molecule has 0 amide bonds. The quantitative estimate of drug-likeness (QED) is 0.457. The van der Waals surface area contributed by atoms with E-state index in [0.29, 0.717) is 0 Å².